The number of aromatic nitrogens is 1. The van der Waals surface area contributed by atoms with Crippen LogP contribution in [0.4, 0.5) is 10.5 Å². The average molecular weight is 495 g/mol. The lowest BCUT2D eigenvalue weighted by molar-refractivity contribution is -0.0479. The van der Waals surface area contributed by atoms with Crippen LogP contribution >= 0.6 is 11.3 Å². The van der Waals surface area contributed by atoms with E-state index in [0.29, 0.717) is 13.2 Å². The van der Waals surface area contributed by atoms with Gasteiger partial charge in [0.2, 0.25) is 0 Å². The highest BCUT2D eigenvalue weighted by atomic mass is 32.2. The summed E-state index contributed by atoms with van der Waals surface area (Å²) in [6.07, 6.45) is 7.26. The van der Waals surface area contributed by atoms with Crippen molar-refractivity contribution in [3.05, 3.63) is 39.5 Å². The van der Waals surface area contributed by atoms with E-state index in [0.717, 1.165) is 66.7 Å². The van der Waals surface area contributed by atoms with Crippen molar-refractivity contribution in [1.82, 2.24) is 4.98 Å². The van der Waals surface area contributed by atoms with Gasteiger partial charge in [0.15, 0.2) is 9.92 Å². The van der Waals surface area contributed by atoms with Crippen molar-refractivity contribution in [3.8, 4) is 0 Å². The lowest BCUT2D eigenvalue weighted by Crippen LogP contribution is -2.28. The number of fused-ring (bicyclic) bond motifs is 2. The third-order valence-electron chi connectivity index (χ3n) is 5.97. The summed E-state index contributed by atoms with van der Waals surface area (Å²) >= 11 is 0.952. The zero-order valence-electron chi connectivity index (χ0n) is 18.9. The van der Waals surface area contributed by atoms with Crippen molar-refractivity contribution in [2.45, 2.75) is 55.3 Å². The molecule has 1 aromatic carbocycles. The third kappa shape index (κ3) is 5.28. The largest absolute Gasteiger partial charge is 0.382 e. The zero-order valence-corrected chi connectivity index (χ0v) is 20.5. The van der Waals surface area contributed by atoms with Crippen molar-refractivity contribution in [2.75, 3.05) is 32.2 Å². The molecule has 1 heterocycles. The second-order valence-corrected chi connectivity index (χ2v) is 11.7. The normalized spacial score (nSPS) is 18.3. The Kier molecular flexibility index (Phi) is 7.18. The van der Waals surface area contributed by atoms with Gasteiger partial charge in [-0.1, -0.05) is 6.07 Å². The number of aryl methyl sites for hydroxylation is 2. The number of rotatable bonds is 8. The molecular formula is C22H30N4O5S2. The van der Waals surface area contributed by atoms with Gasteiger partial charge in [-0.25, -0.2) is 19.1 Å². The number of nitrogens with two attached hydrogens (primary N) is 1. The molecule has 2 aliphatic rings. The lowest BCUT2D eigenvalue weighted by atomic mass is 9.99. The van der Waals surface area contributed by atoms with Crippen LogP contribution in [0.3, 0.4) is 0 Å². The number of hydrogen-bond acceptors (Lipinski definition) is 7. The summed E-state index contributed by atoms with van der Waals surface area (Å²) in [5.74, 6) is 0. The van der Waals surface area contributed by atoms with E-state index in [1.54, 1.807) is 14.0 Å². The Morgan fingerprint density at radius 3 is 2.58 bits per heavy atom. The third-order valence-corrected chi connectivity index (χ3v) is 9.10. The topological polar surface area (TPSA) is 136 Å². The van der Waals surface area contributed by atoms with E-state index in [-0.39, 0.29) is 15.8 Å². The van der Waals surface area contributed by atoms with E-state index in [1.807, 2.05) is 0 Å². The molecule has 0 radical (unpaired) electrons. The van der Waals surface area contributed by atoms with Crippen LogP contribution < -0.4 is 10.5 Å². The minimum Gasteiger partial charge on any atom is -0.382 e. The maximum atomic E-state index is 13.1. The second kappa shape index (κ2) is 9.77. The van der Waals surface area contributed by atoms with E-state index in [4.69, 9.17) is 14.6 Å². The van der Waals surface area contributed by atoms with Gasteiger partial charge in [-0.3, -0.25) is 0 Å². The van der Waals surface area contributed by atoms with Crippen LogP contribution in [-0.4, -0.2) is 47.3 Å². The first-order chi connectivity index (χ1) is 15.7. The van der Waals surface area contributed by atoms with Crippen LogP contribution in [0.15, 0.2) is 20.8 Å². The number of carbonyl (C=O) groups excluding carboxylic acids is 1. The molecular weight excluding hydrogens is 464 g/mol. The van der Waals surface area contributed by atoms with E-state index in [9.17, 15) is 14.1 Å². The van der Waals surface area contributed by atoms with Crippen LogP contribution in [-0.2, 0) is 50.7 Å². The lowest BCUT2D eigenvalue weighted by Gasteiger charge is -2.20. The van der Waals surface area contributed by atoms with Gasteiger partial charge in [-0.15, -0.1) is 15.7 Å². The van der Waals surface area contributed by atoms with E-state index in [1.165, 1.54) is 17.3 Å². The van der Waals surface area contributed by atoms with E-state index in [2.05, 4.69) is 20.7 Å². The van der Waals surface area contributed by atoms with Gasteiger partial charge in [0.25, 0.3) is 0 Å². The summed E-state index contributed by atoms with van der Waals surface area (Å²) in [7, 11) is -1.97. The molecule has 0 aliphatic heterocycles. The molecule has 0 fully saturated rings. The SMILES string of the molecule is COCCOC[C@@](C)(O)c1ncc([S@@](N)(=O)=NC(=O)Nc2c3c(cc4c2CCC4)CCC3)s1. The molecule has 0 saturated carbocycles. The average Bonchev–Trinajstić information content (AvgIpc) is 3.50. The first-order valence-corrected chi connectivity index (χ1v) is 13.4. The molecule has 0 unspecified atom stereocenters. The molecule has 11 heteroatoms. The van der Waals surface area contributed by atoms with Crippen LogP contribution in [0.2, 0.25) is 0 Å². The molecule has 2 amide bonds. The number of amides is 2. The highest BCUT2D eigenvalue weighted by Crippen LogP contribution is 2.38. The molecule has 2 atom stereocenters. The predicted molar refractivity (Wildman–Crippen MR) is 127 cm³/mol. The molecule has 1 aromatic heterocycles. The Morgan fingerprint density at radius 2 is 1.94 bits per heavy atom. The summed E-state index contributed by atoms with van der Waals surface area (Å²) in [6.45, 7) is 2.25. The fourth-order valence-electron chi connectivity index (χ4n) is 4.38. The van der Waals surface area contributed by atoms with Crippen LogP contribution in [0.5, 0.6) is 0 Å². The maximum Gasteiger partial charge on any atom is 0.354 e. The summed E-state index contributed by atoms with van der Waals surface area (Å²) in [5, 5.41) is 19.8. The first kappa shape index (κ1) is 24.2. The molecule has 4 N–H and O–H groups in total. The van der Waals surface area contributed by atoms with Crippen molar-refractivity contribution >= 4 is 33.0 Å². The van der Waals surface area contributed by atoms with Crippen molar-refractivity contribution < 1.29 is 23.6 Å². The number of methoxy groups -OCH3 is 1. The fraction of sp³-hybridized carbons (Fsp3) is 0.545. The van der Waals surface area contributed by atoms with Crippen molar-refractivity contribution in [1.29, 1.82) is 0 Å². The minimum absolute atomic E-state index is 0.0169. The molecule has 4 rings (SSSR count). The molecule has 0 saturated heterocycles. The van der Waals surface area contributed by atoms with Gasteiger partial charge >= 0.3 is 6.03 Å². The molecule has 9 nitrogen and oxygen atoms in total. The number of carbonyl (C=O) groups is 1. The Bertz CT molecular complexity index is 1140. The monoisotopic (exact) mass is 494 g/mol. The van der Waals surface area contributed by atoms with Gasteiger partial charge in [-0.05, 0) is 67.7 Å². The highest BCUT2D eigenvalue weighted by Gasteiger charge is 2.29. The van der Waals surface area contributed by atoms with E-state index >= 15 is 0 Å². The minimum atomic E-state index is -3.53. The van der Waals surface area contributed by atoms with Crippen molar-refractivity contribution in [3.63, 3.8) is 0 Å². The molecule has 2 aliphatic carbocycles. The van der Waals surface area contributed by atoms with Gasteiger partial charge in [0.1, 0.15) is 14.8 Å². The number of benzene rings is 1. The summed E-state index contributed by atoms with van der Waals surface area (Å²) in [5.41, 5.74) is 4.30. The Morgan fingerprint density at radius 1 is 1.27 bits per heavy atom. The predicted octanol–water partition coefficient (Wildman–Crippen LogP) is 2.92. The van der Waals surface area contributed by atoms with Gasteiger partial charge < -0.3 is 19.9 Å². The van der Waals surface area contributed by atoms with E-state index < -0.39 is 21.5 Å². The molecule has 2 aromatic rings. The first-order valence-electron chi connectivity index (χ1n) is 11.0. The summed E-state index contributed by atoms with van der Waals surface area (Å²) in [6, 6.07) is 1.54. The molecule has 0 spiro atoms. The Balaban J connectivity index is 1.52. The fourth-order valence-corrected chi connectivity index (χ4v) is 6.48. The molecule has 33 heavy (non-hydrogen) atoms. The van der Waals surface area contributed by atoms with Crippen LogP contribution in [0, 0.1) is 0 Å². The Labute approximate surface area is 198 Å². The zero-order chi connectivity index (χ0) is 23.6. The molecule has 180 valence electrons. The number of nitrogens with one attached hydrogen (secondary N) is 1. The van der Waals surface area contributed by atoms with Gasteiger partial charge in [0.05, 0.1) is 26.0 Å². The number of hydrogen-bond donors (Lipinski definition) is 3. The number of thiazole rings is 1. The van der Waals surface area contributed by atoms with Gasteiger partial charge in [0, 0.05) is 12.8 Å². The molecule has 0 bridgehead atoms. The summed E-state index contributed by atoms with van der Waals surface area (Å²) < 4.78 is 27.3. The second-order valence-electron chi connectivity index (χ2n) is 8.63. The number of aliphatic hydroxyl groups is 1. The number of urea groups is 1. The highest BCUT2D eigenvalue weighted by molar-refractivity contribution is 7.93. The quantitative estimate of drug-likeness (QED) is 0.483. The van der Waals surface area contributed by atoms with Crippen LogP contribution in [0.1, 0.15) is 47.0 Å². The standard InChI is InChI=1S/C22H30N4O5S2/c1-22(28,13-31-10-9-30-2)20-24-12-18(32-20)33(23,29)26-21(27)25-19-16-7-3-5-14(16)11-15-6-4-8-17(15)19/h11-12,28H,3-10,13H2,1-2H3,(H3,23,25,26,27,29)/t22-,33+/m1/s1. The van der Waals surface area contributed by atoms with Gasteiger partial charge in [-0.2, -0.15) is 0 Å². The van der Waals surface area contributed by atoms with Crippen LogP contribution in [0.25, 0.3) is 0 Å². The number of nitrogens with zero attached hydrogens (tertiary/aromatic N) is 2. The van der Waals surface area contributed by atoms with Crippen molar-refractivity contribution in [2.24, 2.45) is 9.50 Å². The maximum absolute atomic E-state index is 13.1. The summed E-state index contributed by atoms with van der Waals surface area (Å²) in [4.78, 5) is 16.9. The smallest absolute Gasteiger partial charge is 0.354 e. The number of anilines is 1. The Hall–Kier alpha value is -1.89. The number of ether oxygens (including phenoxy) is 2.